The number of nitrogens with zero attached hydrogens (tertiary/aromatic N) is 1. The molecule has 0 bridgehead atoms. The van der Waals surface area contributed by atoms with Gasteiger partial charge in [-0.1, -0.05) is 41.4 Å². The monoisotopic (exact) mass is 401 g/mol. The highest BCUT2D eigenvalue weighted by Crippen LogP contribution is 2.22. The zero-order valence-electron chi connectivity index (χ0n) is 11.9. The van der Waals surface area contributed by atoms with Crippen LogP contribution >= 0.6 is 39.1 Å². The Morgan fingerprint density at radius 3 is 2.59 bits per heavy atom. The summed E-state index contributed by atoms with van der Waals surface area (Å²) in [5, 5.41) is 2.48. The topological polar surface area (TPSA) is 29.5 Å². The lowest BCUT2D eigenvalue weighted by atomic mass is 10.1. The summed E-state index contributed by atoms with van der Waals surface area (Å²) >= 11 is 15.4. The number of amides is 1. The molecule has 0 fully saturated rings. The fraction of sp³-hybridized carbons (Fsp3) is 0.188. The van der Waals surface area contributed by atoms with E-state index in [2.05, 4.69) is 15.9 Å². The van der Waals surface area contributed by atoms with Crippen molar-refractivity contribution in [2.45, 2.75) is 6.42 Å². The van der Waals surface area contributed by atoms with Gasteiger partial charge in [-0.3, -0.25) is 9.63 Å². The van der Waals surface area contributed by atoms with Crippen LogP contribution in [0.15, 0.2) is 46.9 Å². The number of rotatable bonds is 5. The lowest BCUT2D eigenvalue weighted by molar-refractivity contribution is -0.0942. The van der Waals surface area contributed by atoms with Gasteiger partial charge >= 0.3 is 0 Å². The van der Waals surface area contributed by atoms with Gasteiger partial charge < -0.3 is 0 Å². The van der Waals surface area contributed by atoms with Gasteiger partial charge in [0.05, 0.1) is 19.2 Å². The van der Waals surface area contributed by atoms with Crippen LogP contribution in [0.2, 0.25) is 10.0 Å². The summed E-state index contributed by atoms with van der Waals surface area (Å²) < 4.78 is 0.728. The van der Waals surface area contributed by atoms with Crippen LogP contribution in [-0.2, 0) is 11.3 Å². The normalized spacial score (nSPS) is 10.5. The third-order valence-corrected chi connectivity index (χ3v) is 4.43. The molecule has 6 heteroatoms. The van der Waals surface area contributed by atoms with Crippen molar-refractivity contribution >= 4 is 45.0 Å². The standard InChI is InChI=1S/C16H14BrCl2NO2/c1-22-20(16(21)13-4-2-3-5-14(13)17)9-8-11-6-7-12(18)10-15(11)19/h2-7,10H,8-9H2,1H3. The maximum atomic E-state index is 12.5. The Hall–Kier alpha value is -1.07. The van der Waals surface area contributed by atoms with Gasteiger partial charge in [0.15, 0.2) is 0 Å². The minimum atomic E-state index is -0.208. The molecule has 0 aliphatic heterocycles. The minimum absolute atomic E-state index is 0.208. The molecule has 0 unspecified atom stereocenters. The quantitative estimate of drug-likeness (QED) is 0.658. The van der Waals surface area contributed by atoms with E-state index in [9.17, 15) is 4.79 Å². The van der Waals surface area contributed by atoms with Crippen molar-refractivity contribution in [3.63, 3.8) is 0 Å². The first-order chi connectivity index (χ1) is 10.5. The first-order valence-corrected chi connectivity index (χ1v) is 8.12. The number of hydroxylamine groups is 2. The van der Waals surface area contributed by atoms with Crippen molar-refractivity contribution in [2.75, 3.05) is 13.7 Å². The van der Waals surface area contributed by atoms with Crippen LogP contribution in [0.4, 0.5) is 0 Å². The number of carbonyl (C=O) groups excluding carboxylic acids is 1. The highest BCUT2D eigenvalue weighted by molar-refractivity contribution is 9.10. The summed E-state index contributed by atoms with van der Waals surface area (Å²) in [7, 11) is 1.47. The molecule has 0 aliphatic rings. The van der Waals surface area contributed by atoms with Gasteiger partial charge in [-0.2, -0.15) is 0 Å². The van der Waals surface area contributed by atoms with Crippen molar-refractivity contribution in [1.29, 1.82) is 0 Å². The van der Waals surface area contributed by atoms with E-state index in [4.69, 9.17) is 28.0 Å². The van der Waals surface area contributed by atoms with Crippen molar-refractivity contribution in [3.8, 4) is 0 Å². The molecule has 0 N–H and O–H groups in total. The van der Waals surface area contributed by atoms with Gasteiger partial charge in [-0.15, -0.1) is 0 Å². The lowest BCUT2D eigenvalue weighted by Crippen LogP contribution is -2.32. The number of carbonyl (C=O) groups is 1. The molecule has 116 valence electrons. The molecule has 2 rings (SSSR count). The van der Waals surface area contributed by atoms with Crippen LogP contribution in [0.5, 0.6) is 0 Å². The molecule has 0 saturated carbocycles. The molecule has 3 nitrogen and oxygen atoms in total. The van der Waals surface area contributed by atoms with E-state index in [1.165, 1.54) is 12.2 Å². The van der Waals surface area contributed by atoms with Gasteiger partial charge in [0.2, 0.25) is 0 Å². The SMILES string of the molecule is CON(CCc1ccc(Cl)cc1Cl)C(=O)c1ccccc1Br. The van der Waals surface area contributed by atoms with E-state index in [0.29, 0.717) is 28.6 Å². The van der Waals surface area contributed by atoms with E-state index >= 15 is 0 Å². The molecule has 22 heavy (non-hydrogen) atoms. The van der Waals surface area contributed by atoms with Gasteiger partial charge in [0.25, 0.3) is 5.91 Å². The van der Waals surface area contributed by atoms with Gasteiger partial charge in [-0.05, 0) is 52.2 Å². The molecule has 0 heterocycles. The third kappa shape index (κ3) is 4.23. The van der Waals surface area contributed by atoms with E-state index in [0.717, 1.165) is 10.0 Å². The second kappa shape index (κ2) is 7.97. The smallest absolute Gasteiger partial charge is 0.274 e. The van der Waals surface area contributed by atoms with Gasteiger partial charge in [0.1, 0.15) is 0 Å². The Morgan fingerprint density at radius 1 is 1.23 bits per heavy atom. The molecule has 0 spiro atoms. The predicted octanol–water partition coefficient (Wildman–Crippen LogP) is 5.00. The number of benzene rings is 2. The molecule has 2 aromatic rings. The number of halogens is 3. The Labute approximate surface area is 147 Å². The second-order valence-corrected chi connectivity index (χ2v) is 6.25. The Balaban J connectivity index is 2.09. The van der Waals surface area contributed by atoms with Gasteiger partial charge in [-0.25, -0.2) is 5.06 Å². The van der Waals surface area contributed by atoms with Crippen LogP contribution in [0.25, 0.3) is 0 Å². The Morgan fingerprint density at radius 2 is 1.95 bits per heavy atom. The van der Waals surface area contributed by atoms with E-state index < -0.39 is 0 Å². The average Bonchev–Trinajstić information content (AvgIpc) is 2.50. The maximum absolute atomic E-state index is 12.5. The van der Waals surface area contributed by atoms with Crippen LogP contribution < -0.4 is 0 Å². The molecule has 0 saturated heterocycles. The second-order valence-electron chi connectivity index (χ2n) is 4.56. The summed E-state index contributed by atoms with van der Waals surface area (Å²) in [6.07, 6.45) is 0.569. The summed E-state index contributed by atoms with van der Waals surface area (Å²) in [4.78, 5) is 17.7. The largest absolute Gasteiger partial charge is 0.278 e. The molecule has 0 aliphatic carbocycles. The zero-order chi connectivity index (χ0) is 16.1. The van der Waals surface area contributed by atoms with Crippen LogP contribution in [0, 0.1) is 0 Å². The third-order valence-electron chi connectivity index (χ3n) is 3.15. The zero-order valence-corrected chi connectivity index (χ0v) is 15.0. The lowest BCUT2D eigenvalue weighted by Gasteiger charge is -2.20. The fourth-order valence-electron chi connectivity index (χ4n) is 1.99. The highest BCUT2D eigenvalue weighted by Gasteiger charge is 2.18. The molecule has 1 amide bonds. The number of hydrogen-bond acceptors (Lipinski definition) is 2. The first-order valence-electron chi connectivity index (χ1n) is 6.57. The van der Waals surface area contributed by atoms with Crippen molar-refractivity contribution in [3.05, 3.63) is 68.1 Å². The Kier molecular flexibility index (Phi) is 6.26. The summed E-state index contributed by atoms with van der Waals surface area (Å²) in [5.41, 5.74) is 1.46. The van der Waals surface area contributed by atoms with Gasteiger partial charge in [0, 0.05) is 14.5 Å². The van der Waals surface area contributed by atoms with Crippen molar-refractivity contribution in [2.24, 2.45) is 0 Å². The Bertz CT molecular complexity index is 679. The van der Waals surface area contributed by atoms with Crippen LogP contribution in [0.3, 0.4) is 0 Å². The average molecular weight is 403 g/mol. The maximum Gasteiger partial charge on any atom is 0.278 e. The molecule has 0 radical (unpaired) electrons. The number of hydrogen-bond donors (Lipinski definition) is 0. The van der Waals surface area contributed by atoms with Crippen LogP contribution in [-0.4, -0.2) is 24.6 Å². The predicted molar refractivity (Wildman–Crippen MR) is 92.4 cm³/mol. The van der Waals surface area contributed by atoms with Crippen molar-refractivity contribution < 1.29 is 9.63 Å². The molecule has 2 aromatic carbocycles. The molecule has 0 atom stereocenters. The first kappa shape index (κ1) is 17.3. The summed E-state index contributed by atoms with van der Waals surface area (Å²) in [6, 6.07) is 12.5. The molecule has 0 aromatic heterocycles. The van der Waals surface area contributed by atoms with E-state index in [-0.39, 0.29) is 5.91 Å². The molecular weight excluding hydrogens is 389 g/mol. The summed E-state index contributed by atoms with van der Waals surface area (Å²) in [6.45, 7) is 0.387. The van der Waals surface area contributed by atoms with E-state index in [1.54, 1.807) is 18.2 Å². The van der Waals surface area contributed by atoms with Crippen molar-refractivity contribution in [1.82, 2.24) is 5.06 Å². The molecular formula is C16H14BrCl2NO2. The summed E-state index contributed by atoms with van der Waals surface area (Å²) in [5.74, 6) is -0.208. The highest BCUT2D eigenvalue weighted by atomic mass is 79.9. The van der Waals surface area contributed by atoms with Crippen LogP contribution in [0.1, 0.15) is 15.9 Å². The van der Waals surface area contributed by atoms with E-state index in [1.807, 2.05) is 24.3 Å². The fourth-order valence-corrected chi connectivity index (χ4v) is 2.95. The minimum Gasteiger partial charge on any atom is -0.274 e.